The molecular formula is C31H32Cl2N4O7. The van der Waals surface area contributed by atoms with Gasteiger partial charge in [-0.25, -0.2) is 9.59 Å². The molecule has 0 bridgehead atoms. The van der Waals surface area contributed by atoms with Gasteiger partial charge < -0.3 is 19.5 Å². The van der Waals surface area contributed by atoms with Gasteiger partial charge in [0.05, 0.1) is 58.1 Å². The highest BCUT2D eigenvalue weighted by Crippen LogP contribution is 2.43. The van der Waals surface area contributed by atoms with Crippen molar-refractivity contribution >= 4 is 40.8 Å². The van der Waals surface area contributed by atoms with Crippen molar-refractivity contribution in [2.24, 2.45) is 0 Å². The molecule has 1 atom stereocenters. The van der Waals surface area contributed by atoms with Gasteiger partial charge in [0.25, 0.3) is 5.69 Å². The van der Waals surface area contributed by atoms with Gasteiger partial charge in [0.2, 0.25) is 5.88 Å². The van der Waals surface area contributed by atoms with Gasteiger partial charge in [-0.3, -0.25) is 15.2 Å². The second-order valence-electron chi connectivity index (χ2n) is 10.1. The molecule has 0 aliphatic carbocycles. The number of benzene rings is 2. The number of carbonyl (C=O) groups is 2. The first-order chi connectivity index (χ1) is 21.1. The number of dihydropyridines is 1. The quantitative estimate of drug-likeness (QED) is 0.0881. The molecule has 232 valence electrons. The van der Waals surface area contributed by atoms with Crippen LogP contribution in [0.5, 0.6) is 5.88 Å². The summed E-state index contributed by atoms with van der Waals surface area (Å²) in [5, 5.41) is 21.5. The number of nitro benzene ring substituents is 1. The predicted octanol–water partition coefficient (Wildman–Crippen LogP) is 6.88. The van der Waals surface area contributed by atoms with Crippen LogP contribution >= 0.6 is 23.2 Å². The molecule has 0 spiro atoms. The summed E-state index contributed by atoms with van der Waals surface area (Å²) in [5.41, 5.74) is 3.59. The zero-order valence-electron chi connectivity index (χ0n) is 24.4. The molecule has 2 heterocycles. The maximum absolute atomic E-state index is 13.4. The van der Waals surface area contributed by atoms with Crippen molar-refractivity contribution in [2.75, 3.05) is 20.3 Å². The summed E-state index contributed by atoms with van der Waals surface area (Å²) in [4.78, 5) is 36.6. The van der Waals surface area contributed by atoms with E-state index in [-0.39, 0.29) is 28.5 Å². The molecule has 1 aliphatic heterocycles. The Balaban J connectivity index is 1.26. The number of hydrogen-bond acceptors (Lipinski definition) is 9. The fraction of sp³-hybridized carbons (Fsp3) is 0.323. The van der Waals surface area contributed by atoms with Gasteiger partial charge in [-0.05, 0) is 63.3 Å². The third kappa shape index (κ3) is 7.59. The van der Waals surface area contributed by atoms with Crippen LogP contribution in [0.1, 0.15) is 51.0 Å². The largest absolute Gasteiger partial charge is 0.477 e. The summed E-state index contributed by atoms with van der Waals surface area (Å²) in [7, 11) is 1.28. The van der Waals surface area contributed by atoms with Gasteiger partial charge in [0.15, 0.2) is 0 Å². The maximum atomic E-state index is 13.4. The first-order valence-electron chi connectivity index (χ1n) is 13.9. The van der Waals surface area contributed by atoms with Gasteiger partial charge >= 0.3 is 11.9 Å². The topological polar surface area (TPSA) is 146 Å². The van der Waals surface area contributed by atoms with E-state index in [9.17, 15) is 19.7 Å². The SMILES string of the molecule is COC(=O)C1=C(C)NC(C)=C(C(=O)OCCCCCCOc2cc(-c3ccc([N+](=O)[O-])cc3)[nH]n2)C1c1cccc(Cl)c1Cl. The third-order valence-corrected chi connectivity index (χ3v) is 7.98. The Labute approximate surface area is 264 Å². The minimum atomic E-state index is -0.817. The lowest BCUT2D eigenvalue weighted by Gasteiger charge is -2.30. The van der Waals surface area contributed by atoms with E-state index < -0.39 is 22.8 Å². The first kappa shape index (κ1) is 32.6. The molecule has 3 aromatic rings. The molecule has 0 saturated heterocycles. The van der Waals surface area contributed by atoms with Gasteiger partial charge in [0, 0.05) is 35.2 Å². The van der Waals surface area contributed by atoms with E-state index in [2.05, 4.69) is 15.5 Å². The van der Waals surface area contributed by atoms with Crippen LogP contribution in [0.2, 0.25) is 10.0 Å². The number of ether oxygens (including phenoxy) is 3. The number of nitrogens with one attached hydrogen (secondary N) is 2. The lowest BCUT2D eigenvalue weighted by Crippen LogP contribution is -2.32. The van der Waals surface area contributed by atoms with Crippen LogP contribution in [0.15, 0.2) is 71.1 Å². The van der Waals surface area contributed by atoms with Crippen LogP contribution in [0.4, 0.5) is 5.69 Å². The molecule has 13 heteroatoms. The summed E-state index contributed by atoms with van der Waals surface area (Å²) >= 11 is 12.8. The number of hydrogen-bond donors (Lipinski definition) is 2. The average Bonchev–Trinajstić information content (AvgIpc) is 3.48. The van der Waals surface area contributed by atoms with Crippen LogP contribution in [0.25, 0.3) is 11.3 Å². The number of halogens is 2. The Morgan fingerprint density at radius 3 is 2.27 bits per heavy atom. The lowest BCUT2D eigenvalue weighted by molar-refractivity contribution is -0.384. The van der Waals surface area contributed by atoms with Crippen molar-refractivity contribution in [3.63, 3.8) is 0 Å². The second kappa shape index (κ2) is 14.9. The van der Waals surface area contributed by atoms with Crippen molar-refractivity contribution in [1.29, 1.82) is 0 Å². The standard InChI is InChI=1S/C31H32Cl2N4O7/c1-18-26(30(38)42-3)28(22-9-8-10-23(32)29(22)33)27(19(2)34-18)31(39)44-16-7-5-4-6-15-43-25-17-24(35-36-25)20-11-13-21(14-12-20)37(40)41/h8-14,17,28,34H,4-7,15-16H2,1-3H3,(H,35,36). The van der Waals surface area contributed by atoms with E-state index in [1.165, 1.54) is 19.2 Å². The Morgan fingerprint density at radius 2 is 1.61 bits per heavy atom. The molecule has 0 fully saturated rings. The third-order valence-electron chi connectivity index (χ3n) is 7.14. The number of allylic oxidation sites excluding steroid dienone is 2. The number of non-ortho nitro benzene ring substituents is 1. The van der Waals surface area contributed by atoms with Gasteiger partial charge in [-0.15, -0.1) is 5.10 Å². The number of nitrogens with zero attached hydrogens (tertiary/aromatic N) is 2. The van der Waals surface area contributed by atoms with Crippen LogP contribution < -0.4 is 10.1 Å². The molecule has 11 nitrogen and oxygen atoms in total. The number of methoxy groups -OCH3 is 1. The summed E-state index contributed by atoms with van der Waals surface area (Å²) in [6.45, 7) is 4.12. The van der Waals surface area contributed by atoms with E-state index in [4.69, 9.17) is 37.4 Å². The van der Waals surface area contributed by atoms with E-state index in [1.807, 2.05) is 0 Å². The maximum Gasteiger partial charge on any atom is 0.336 e. The molecule has 1 aliphatic rings. The van der Waals surface area contributed by atoms with E-state index in [0.717, 1.165) is 24.8 Å². The minimum absolute atomic E-state index is 0.0179. The molecular weight excluding hydrogens is 611 g/mol. The zero-order chi connectivity index (χ0) is 31.8. The highest BCUT2D eigenvalue weighted by atomic mass is 35.5. The molecule has 2 N–H and O–H groups in total. The number of nitro groups is 1. The molecule has 0 radical (unpaired) electrons. The monoisotopic (exact) mass is 642 g/mol. The molecule has 0 amide bonds. The molecule has 2 aromatic carbocycles. The van der Waals surface area contributed by atoms with Crippen molar-refractivity contribution < 1.29 is 28.7 Å². The van der Waals surface area contributed by atoms with Crippen LogP contribution in [0.3, 0.4) is 0 Å². The number of aromatic amines is 1. The molecule has 1 unspecified atom stereocenters. The minimum Gasteiger partial charge on any atom is -0.477 e. The zero-order valence-corrected chi connectivity index (χ0v) is 26.0. The number of rotatable bonds is 13. The smallest absolute Gasteiger partial charge is 0.336 e. The number of aromatic nitrogens is 2. The van der Waals surface area contributed by atoms with Crippen LogP contribution in [0, 0.1) is 10.1 Å². The highest BCUT2D eigenvalue weighted by Gasteiger charge is 2.39. The Kier molecular flexibility index (Phi) is 11.0. The Morgan fingerprint density at radius 1 is 0.955 bits per heavy atom. The van der Waals surface area contributed by atoms with Gasteiger partial charge in [0.1, 0.15) is 0 Å². The summed E-state index contributed by atoms with van der Waals surface area (Å²) in [5.74, 6) is -1.53. The number of unbranched alkanes of at least 4 members (excludes halogenated alkanes) is 3. The predicted molar refractivity (Wildman–Crippen MR) is 165 cm³/mol. The fourth-order valence-corrected chi connectivity index (χ4v) is 5.38. The molecule has 4 rings (SSSR count). The van der Waals surface area contributed by atoms with Crippen molar-refractivity contribution in [1.82, 2.24) is 15.5 Å². The van der Waals surface area contributed by atoms with Crippen molar-refractivity contribution in [3.05, 3.63) is 96.8 Å². The second-order valence-corrected chi connectivity index (χ2v) is 10.9. The van der Waals surface area contributed by atoms with Crippen LogP contribution in [-0.2, 0) is 19.1 Å². The summed E-state index contributed by atoms with van der Waals surface area (Å²) in [6, 6.07) is 13.0. The highest BCUT2D eigenvalue weighted by molar-refractivity contribution is 6.42. The van der Waals surface area contributed by atoms with Gasteiger partial charge in [-0.2, -0.15) is 0 Å². The van der Waals surface area contributed by atoms with Crippen molar-refractivity contribution in [3.8, 4) is 17.1 Å². The first-order valence-corrected chi connectivity index (χ1v) is 14.7. The van der Waals surface area contributed by atoms with Crippen LogP contribution in [-0.4, -0.2) is 47.4 Å². The fourth-order valence-electron chi connectivity index (χ4n) is 4.96. The number of esters is 2. The van der Waals surface area contributed by atoms with E-state index in [0.29, 0.717) is 46.6 Å². The molecule has 44 heavy (non-hydrogen) atoms. The van der Waals surface area contributed by atoms with E-state index in [1.54, 1.807) is 50.2 Å². The van der Waals surface area contributed by atoms with Gasteiger partial charge in [-0.1, -0.05) is 35.3 Å². The normalized spacial score (nSPS) is 14.7. The summed E-state index contributed by atoms with van der Waals surface area (Å²) < 4.78 is 16.4. The average molecular weight is 644 g/mol. The lowest BCUT2D eigenvalue weighted by atomic mass is 9.80. The van der Waals surface area contributed by atoms with Crippen molar-refractivity contribution in [2.45, 2.75) is 45.4 Å². The molecule has 1 aromatic heterocycles. The Bertz CT molecular complexity index is 1600. The number of carbonyl (C=O) groups excluding carboxylic acids is 2. The van der Waals surface area contributed by atoms with E-state index >= 15 is 0 Å². The number of H-pyrrole nitrogens is 1. The molecule has 0 saturated carbocycles. The summed E-state index contributed by atoms with van der Waals surface area (Å²) in [6.07, 6.45) is 3.05. The Hall–Kier alpha value is -4.35.